The van der Waals surface area contributed by atoms with Gasteiger partial charge in [-0.2, -0.15) is 0 Å². The van der Waals surface area contributed by atoms with E-state index in [1.54, 1.807) is 16.7 Å². The molecule has 9 heteroatoms. The highest BCUT2D eigenvalue weighted by atomic mass is 32.2. The fourth-order valence-corrected chi connectivity index (χ4v) is 2.53. The smallest absolute Gasteiger partial charge is 0.269 e. The van der Waals surface area contributed by atoms with Crippen LogP contribution in [0.3, 0.4) is 0 Å². The van der Waals surface area contributed by atoms with Gasteiger partial charge in [0.05, 0.1) is 10.9 Å². The summed E-state index contributed by atoms with van der Waals surface area (Å²) in [4.78, 5) is 20.8. The Bertz CT molecular complexity index is 755. The predicted octanol–water partition coefficient (Wildman–Crippen LogP) is 1.27. The van der Waals surface area contributed by atoms with Crippen LogP contribution >= 0.6 is 11.8 Å². The summed E-state index contributed by atoms with van der Waals surface area (Å²) in [5, 5.41) is 29.8. The third-order valence-electron chi connectivity index (χ3n) is 2.80. The van der Waals surface area contributed by atoms with Crippen LogP contribution in [0.2, 0.25) is 0 Å². The quantitative estimate of drug-likeness (QED) is 0.324. The number of rotatable bonds is 7. The molecular formula is C14H13N4O4S-. The van der Waals surface area contributed by atoms with Gasteiger partial charge in [0, 0.05) is 30.0 Å². The van der Waals surface area contributed by atoms with E-state index in [1.165, 1.54) is 12.1 Å². The molecule has 0 N–H and O–H groups in total. The second-order valence-electron chi connectivity index (χ2n) is 4.81. The number of nitro benzene ring substituents is 1. The Labute approximate surface area is 136 Å². The van der Waals surface area contributed by atoms with Crippen molar-refractivity contribution in [3.63, 3.8) is 0 Å². The predicted molar refractivity (Wildman–Crippen MR) is 82.7 cm³/mol. The minimum atomic E-state index is -1.20. The molecule has 0 fully saturated rings. The Morgan fingerprint density at radius 3 is 2.52 bits per heavy atom. The lowest BCUT2D eigenvalue weighted by Crippen LogP contribution is -2.24. The zero-order valence-electron chi connectivity index (χ0n) is 12.3. The van der Waals surface area contributed by atoms with Crippen LogP contribution in [0.25, 0.3) is 11.4 Å². The van der Waals surface area contributed by atoms with Gasteiger partial charge in [-0.05, 0) is 19.1 Å². The molecule has 0 bridgehead atoms. The SMILES string of the molecule is C=C(C)Cn1c(SCC(=O)[O-])nnc1-c1ccc([N+](=O)[O-])cc1. The molecule has 23 heavy (non-hydrogen) atoms. The van der Waals surface area contributed by atoms with Crippen molar-refractivity contribution < 1.29 is 14.8 Å². The molecule has 0 aliphatic carbocycles. The Kier molecular flexibility index (Phi) is 5.12. The molecule has 0 saturated carbocycles. The van der Waals surface area contributed by atoms with Crippen molar-refractivity contribution in [2.24, 2.45) is 0 Å². The number of carboxylic acids is 1. The highest BCUT2D eigenvalue weighted by Gasteiger charge is 2.15. The van der Waals surface area contributed by atoms with Crippen LogP contribution in [0.15, 0.2) is 41.6 Å². The molecule has 0 aliphatic rings. The van der Waals surface area contributed by atoms with Gasteiger partial charge < -0.3 is 9.90 Å². The van der Waals surface area contributed by atoms with Crippen LogP contribution in [0.4, 0.5) is 5.69 Å². The molecule has 0 aliphatic heterocycles. The van der Waals surface area contributed by atoms with Crippen molar-refractivity contribution in [1.82, 2.24) is 14.8 Å². The molecule has 2 aromatic rings. The topological polar surface area (TPSA) is 114 Å². The van der Waals surface area contributed by atoms with Gasteiger partial charge in [-0.1, -0.05) is 23.9 Å². The van der Waals surface area contributed by atoms with E-state index >= 15 is 0 Å². The first-order valence-electron chi connectivity index (χ1n) is 6.53. The third kappa shape index (κ3) is 4.16. The molecule has 0 amide bonds. The summed E-state index contributed by atoms with van der Waals surface area (Å²) in [5.74, 6) is -0.949. The molecule has 0 radical (unpaired) electrons. The summed E-state index contributed by atoms with van der Waals surface area (Å²) in [5.41, 5.74) is 1.46. The van der Waals surface area contributed by atoms with Crippen LogP contribution in [-0.4, -0.2) is 31.4 Å². The van der Waals surface area contributed by atoms with E-state index < -0.39 is 10.9 Å². The molecule has 1 aromatic carbocycles. The maximum absolute atomic E-state index is 10.7. The van der Waals surface area contributed by atoms with Crippen molar-refractivity contribution in [1.29, 1.82) is 0 Å². The number of nitrogens with zero attached hydrogens (tertiary/aromatic N) is 4. The molecule has 0 atom stereocenters. The summed E-state index contributed by atoms with van der Waals surface area (Å²) in [6.45, 7) is 6.07. The lowest BCUT2D eigenvalue weighted by atomic mass is 10.2. The fraction of sp³-hybridized carbons (Fsp3) is 0.214. The number of thioether (sulfide) groups is 1. The van der Waals surface area contributed by atoms with Gasteiger partial charge in [0.1, 0.15) is 0 Å². The average molecular weight is 333 g/mol. The molecule has 1 heterocycles. The monoisotopic (exact) mass is 333 g/mol. The van der Waals surface area contributed by atoms with Gasteiger partial charge in [-0.3, -0.25) is 14.7 Å². The van der Waals surface area contributed by atoms with Crippen LogP contribution < -0.4 is 5.11 Å². The van der Waals surface area contributed by atoms with E-state index in [4.69, 9.17) is 0 Å². The van der Waals surface area contributed by atoms with Crippen LogP contribution in [0, 0.1) is 10.1 Å². The van der Waals surface area contributed by atoms with Gasteiger partial charge >= 0.3 is 0 Å². The largest absolute Gasteiger partial charge is 0.549 e. The minimum absolute atomic E-state index is 0.0220. The van der Waals surface area contributed by atoms with Gasteiger partial charge in [0.2, 0.25) is 0 Å². The number of allylic oxidation sites excluding steroid dienone is 1. The second-order valence-corrected chi connectivity index (χ2v) is 5.76. The number of aliphatic carboxylic acids is 1. The molecule has 120 valence electrons. The van der Waals surface area contributed by atoms with Crippen molar-refractivity contribution in [2.75, 3.05) is 5.75 Å². The summed E-state index contributed by atoms with van der Waals surface area (Å²) in [7, 11) is 0. The summed E-state index contributed by atoms with van der Waals surface area (Å²) in [6, 6.07) is 5.90. The van der Waals surface area contributed by atoms with E-state index in [0.29, 0.717) is 23.1 Å². The molecule has 0 unspecified atom stereocenters. The van der Waals surface area contributed by atoms with E-state index in [2.05, 4.69) is 16.8 Å². The summed E-state index contributed by atoms with van der Waals surface area (Å²) >= 11 is 0.999. The number of carboxylic acid groups (broad SMARTS) is 1. The first kappa shape index (κ1) is 16.7. The Balaban J connectivity index is 2.38. The number of hydrogen-bond acceptors (Lipinski definition) is 7. The zero-order valence-corrected chi connectivity index (χ0v) is 13.1. The molecule has 0 spiro atoms. The van der Waals surface area contributed by atoms with Crippen molar-refractivity contribution >= 4 is 23.4 Å². The van der Waals surface area contributed by atoms with Crippen molar-refractivity contribution in [2.45, 2.75) is 18.6 Å². The van der Waals surface area contributed by atoms with Crippen LogP contribution in [-0.2, 0) is 11.3 Å². The lowest BCUT2D eigenvalue weighted by molar-refractivity contribution is -0.384. The lowest BCUT2D eigenvalue weighted by Gasteiger charge is -2.10. The van der Waals surface area contributed by atoms with E-state index in [1.807, 2.05) is 6.92 Å². The maximum atomic E-state index is 10.7. The van der Waals surface area contributed by atoms with Crippen molar-refractivity contribution in [3.05, 3.63) is 46.5 Å². The summed E-state index contributed by atoms with van der Waals surface area (Å²) in [6.07, 6.45) is 0. The van der Waals surface area contributed by atoms with Gasteiger partial charge in [0.15, 0.2) is 11.0 Å². The molecular weight excluding hydrogens is 320 g/mol. The number of aromatic nitrogens is 3. The summed E-state index contributed by atoms with van der Waals surface area (Å²) < 4.78 is 1.72. The Hall–Kier alpha value is -2.68. The minimum Gasteiger partial charge on any atom is -0.549 e. The van der Waals surface area contributed by atoms with E-state index in [9.17, 15) is 20.0 Å². The van der Waals surface area contributed by atoms with E-state index in [-0.39, 0.29) is 11.4 Å². The van der Waals surface area contributed by atoms with Crippen molar-refractivity contribution in [3.8, 4) is 11.4 Å². The van der Waals surface area contributed by atoms with Crippen LogP contribution in [0.5, 0.6) is 0 Å². The number of benzene rings is 1. The normalized spacial score (nSPS) is 10.5. The Morgan fingerprint density at radius 1 is 1.35 bits per heavy atom. The highest BCUT2D eigenvalue weighted by Crippen LogP contribution is 2.26. The molecule has 0 saturated heterocycles. The number of hydrogen-bond donors (Lipinski definition) is 0. The molecule has 8 nitrogen and oxygen atoms in total. The highest BCUT2D eigenvalue weighted by molar-refractivity contribution is 7.99. The maximum Gasteiger partial charge on any atom is 0.269 e. The number of carbonyl (C=O) groups is 1. The number of carbonyl (C=O) groups excluding carboxylic acids is 1. The standard InChI is InChI=1S/C14H14N4O4S/c1-9(2)7-17-13(15-16-14(17)23-8-12(19)20)10-3-5-11(6-4-10)18(21)22/h3-6H,1,7-8H2,2H3,(H,19,20)/p-1. The Morgan fingerprint density at radius 2 is 2.00 bits per heavy atom. The number of nitro groups is 1. The van der Waals surface area contributed by atoms with Gasteiger partial charge in [-0.15, -0.1) is 10.2 Å². The third-order valence-corrected chi connectivity index (χ3v) is 3.74. The first-order chi connectivity index (χ1) is 10.9. The average Bonchev–Trinajstić information content (AvgIpc) is 2.87. The van der Waals surface area contributed by atoms with E-state index in [0.717, 1.165) is 17.3 Å². The zero-order chi connectivity index (χ0) is 17.0. The fourth-order valence-electron chi connectivity index (χ4n) is 1.88. The molecule has 2 rings (SSSR count). The first-order valence-corrected chi connectivity index (χ1v) is 7.52. The van der Waals surface area contributed by atoms with Gasteiger partial charge in [0.25, 0.3) is 5.69 Å². The second kappa shape index (κ2) is 7.05. The van der Waals surface area contributed by atoms with Gasteiger partial charge in [-0.25, -0.2) is 0 Å². The number of non-ortho nitro benzene ring substituents is 1. The van der Waals surface area contributed by atoms with Crippen LogP contribution in [0.1, 0.15) is 6.92 Å². The molecule has 1 aromatic heterocycles.